The lowest BCUT2D eigenvalue weighted by Gasteiger charge is -2.32. The molecule has 4 rings (SSSR count). The zero-order chi connectivity index (χ0) is 24.1. The monoisotopic (exact) mass is 471 g/mol. The highest BCUT2D eigenvalue weighted by atomic mass is 19.4. The van der Waals surface area contributed by atoms with Crippen molar-refractivity contribution >= 4 is 17.9 Å². The average Bonchev–Trinajstić information content (AvgIpc) is 2.81. The van der Waals surface area contributed by atoms with E-state index in [9.17, 15) is 23.1 Å². The number of pyridine rings is 1. The Hall–Kier alpha value is -3.99. The molecule has 176 valence electrons. The molecular formula is C23H20F3N5O3. The van der Waals surface area contributed by atoms with E-state index in [1.165, 1.54) is 11.1 Å². The number of amides is 2. The van der Waals surface area contributed by atoms with Crippen LogP contribution in [0.5, 0.6) is 11.6 Å². The Labute approximate surface area is 192 Å². The molecule has 1 atom stereocenters. The number of nitrogens with one attached hydrogen (secondary N) is 1. The molecule has 34 heavy (non-hydrogen) atoms. The summed E-state index contributed by atoms with van der Waals surface area (Å²) in [5.41, 5.74) is 0.619. The molecule has 11 heteroatoms. The van der Waals surface area contributed by atoms with Crippen molar-refractivity contribution in [2.45, 2.75) is 18.7 Å². The first-order chi connectivity index (χ1) is 16.3. The number of hydrogen-bond acceptors (Lipinski definition) is 6. The van der Waals surface area contributed by atoms with Gasteiger partial charge in [0.25, 0.3) is 0 Å². The number of β-amino-alcohol motifs (C(OH)–C–C–N with tert-alkyl or cyclic N) is 1. The number of hydrogen-bond donors (Lipinski definition) is 2. The van der Waals surface area contributed by atoms with E-state index >= 15 is 0 Å². The van der Waals surface area contributed by atoms with E-state index in [1.54, 1.807) is 42.5 Å². The molecular weight excluding hydrogens is 451 g/mol. The second kappa shape index (κ2) is 9.87. The van der Waals surface area contributed by atoms with Crippen molar-refractivity contribution in [3.05, 3.63) is 77.6 Å². The van der Waals surface area contributed by atoms with Crippen LogP contribution in [0.25, 0.3) is 6.08 Å². The maximum absolute atomic E-state index is 12.7. The van der Waals surface area contributed by atoms with Crippen molar-refractivity contribution in [3.63, 3.8) is 0 Å². The van der Waals surface area contributed by atoms with Gasteiger partial charge in [-0.05, 0) is 47.9 Å². The minimum atomic E-state index is -4.47. The average molecular weight is 471 g/mol. The van der Waals surface area contributed by atoms with Gasteiger partial charge in [-0.1, -0.05) is 18.2 Å². The lowest BCUT2D eigenvalue weighted by atomic mass is 9.98. The summed E-state index contributed by atoms with van der Waals surface area (Å²) < 4.78 is 43.6. The van der Waals surface area contributed by atoms with Crippen LogP contribution in [-0.2, 0) is 6.18 Å². The van der Waals surface area contributed by atoms with Gasteiger partial charge in [0.1, 0.15) is 5.75 Å². The van der Waals surface area contributed by atoms with Gasteiger partial charge in [0.15, 0.2) is 5.82 Å². The third kappa shape index (κ3) is 5.87. The van der Waals surface area contributed by atoms with Gasteiger partial charge in [0.05, 0.1) is 18.2 Å². The number of likely N-dealkylation sites (tertiary alicyclic amines) is 1. The van der Waals surface area contributed by atoms with Crippen molar-refractivity contribution < 1.29 is 27.8 Å². The van der Waals surface area contributed by atoms with Crippen LogP contribution in [0.2, 0.25) is 0 Å². The summed E-state index contributed by atoms with van der Waals surface area (Å²) >= 11 is 0. The third-order valence-corrected chi connectivity index (χ3v) is 5.08. The number of aromatic nitrogens is 3. The number of benzene rings is 1. The largest absolute Gasteiger partial charge is 0.439 e. The van der Waals surface area contributed by atoms with Crippen LogP contribution in [0.4, 0.5) is 23.8 Å². The van der Waals surface area contributed by atoms with Gasteiger partial charge in [0.2, 0.25) is 5.88 Å². The number of urea groups is 1. The number of alkyl halides is 3. The summed E-state index contributed by atoms with van der Waals surface area (Å²) in [5, 5.41) is 20.7. The SMILES string of the molecule is O=C(Nc1cccnn1)N1CC/C(=C\c2cccc(Oc3ccc(C(F)(F)F)cn3)c2)[C@@H](O)C1. The van der Waals surface area contributed by atoms with E-state index in [-0.39, 0.29) is 18.5 Å². The molecule has 2 aromatic heterocycles. The quantitative estimate of drug-likeness (QED) is 0.586. The number of nitrogens with zero attached hydrogens (tertiary/aromatic N) is 4. The molecule has 1 saturated heterocycles. The maximum atomic E-state index is 12.7. The van der Waals surface area contributed by atoms with Gasteiger partial charge >= 0.3 is 12.2 Å². The van der Waals surface area contributed by atoms with Gasteiger partial charge < -0.3 is 14.7 Å². The smallest absolute Gasteiger partial charge is 0.417 e. The molecule has 2 N–H and O–H groups in total. The molecule has 1 fully saturated rings. The summed E-state index contributed by atoms with van der Waals surface area (Å²) in [4.78, 5) is 17.6. The number of ether oxygens (including phenoxy) is 1. The van der Waals surface area contributed by atoms with Crippen molar-refractivity contribution in [2.24, 2.45) is 0 Å². The van der Waals surface area contributed by atoms with Crippen LogP contribution in [0.3, 0.4) is 0 Å². The van der Waals surface area contributed by atoms with Crippen LogP contribution in [0.1, 0.15) is 17.5 Å². The molecule has 3 heterocycles. The molecule has 0 radical (unpaired) electrons. The topological polar surface area (TPSA) is 100 Å². The predicted molar refractivity (Wildman–Crippen MR) is 117 cm³/mol. The molecule has 1 aliphatic rings. The van der Waals surface area contributed by atoms with Gasteiger partial charge in [-0.2, -0.15) is 18.3 Å². The van der Waals surface area contributed by atoms with Crippen LogP contribution < -0.4 is 10.1 Å². The van der Waals surface area contributed by atoms with E-state index in [0.717, 1.165) is 23.3 Å². The maximum Gasteiger partial charge on any atom is 0.417 e. The Morgan fingerprint density at radius 2 is 2.06 bits per heavy atom. The van der Waals surface area contributed by atoms with Crippen molar-refractivity contribution in [1.82, 2.24) is 20.1 Å². The minimum Gasteiger partial charge on any atom is -0.439 e. The molecule has 0 unspecified atom stereocenters. The summed E-state index contributed by atoms with van der Waals surface area (Å²) in [6, 6.07) is 11.8. The van der Waals surface area contributed by atoms with Crippen molar-refractivity contribution in [3.8, 4) is 11.6 Å². The number of anilines is 1. The summed E-state index contributed by atoms with van der Waals surface area (Å²) in [5.74, 6) is 0.736. The first kappa shape index (κ1) is 23.2. The van der Waals surface area contributed by atoms with E-state index in [0.29, 0.717) is 30.7 Å². The molecule has 1 aromatic carbocycles. The molecule has 0 aliphatic carbocycles. The number of halogens is 3. The van der Waals surface area contributed by atoms with Gasteiger partial charge in [-0.25, -0.2) is 9.78 Å². The fourth-order valence-corrected chi connectivity index (χ4v) is 3.37. The number of carbonyl (C=O) groups is 1. The zero-order valence-corrected chi connectivity index (χ0v) is 17.7. The second-order valence-corrected chi connectivity index (χ2v) is 7.53. The fourth-order valence-electron chi connectivity index (χ4n) is 3.37. The number of carbonyl (C=O) groups excluding carboxylic acids is 1. The lowest BCUT2D eigenvalue weighted by Crippen LogP contribution is -2.45. The molecule has 0 spiro atoms. The molecule has 8 nitrogen and oxygen atoms in total. The third-order valence-electron chi connectivity index (χ3n) is 5.08. The molecule has 3 aromatic rings. The molecule has 2 amide bonds. The standard InChI is InChI=1S/C23H20F3N5O3/c24-23(25,26)17-6-7-21(27-13-17)34-18-4-1-3-15(12-18)11-16-8-10-31(14-19(16)32)22(33)29-20-5-2-9-28-30-20/h1-7,9,11-13,19,32H,8,10,14H2,(H,29,30,33)/b16-11+/t19-/m0/s1. The van der Waals surface area contributed by atoms with E-state index < -0.39 is 17.8 Å². The zero-order valence-electron chi connectivity index (χ0n) is 17.7. The van der Waals surface area contributed by atoms with Crippen LogP contribution in [-0.4, -0.2) is 50.4 Å². The predicted octanol–water partition coefficient (Wildman–Crippen LogP) is 4.36. The summed E-state index contributed by atoms with van der Waals surface area (Å²) in [7, 11) is 0. The Kier molecular flexibility index (Phi) is 6.73. The van der Waals surface area contributed by atoms with E-state index in [4.69, 9.17) is 4.74 Å². The van der Waals surface area contributed by atoms with Gasteiger partial charge in [-0.3, -0.25) is 5.32 Å². The molecule has 1 aliphatic heterocycles. The molecule has 0 bridgehead atoms. The lowest BCUT2D eigenvalue weighted by molar-refractivity contribution is -0.137. The number of aliphatic hydroxyl groups is 1. The highest BCUT2D eigenvalue weighted by Crippen LogP contribution is 2.30. The van der Waals surface area contributed by atoms with Crippen molar-refractivity contribution in [2.75, 3.05) is 18.4 Å². The highest BCUT2D eigenvalue weighted by molar-refractivity contribution is 5.88. The van der Waals surface area contributed by atoms with Crippen LogP contribution >= 0.6 is 0 Å². The number of rotatable bonds is 4. The van der Waals surface area contributed by atoms with Gasteiger partial charge in [0, 0.05) is 25.0 Å². The second-order valence-electron chi connectivity index (χ2n) is 7.53. The van der Waals surface area contributed by atoms with E-state index in [2.05, 4.69) is 20.5 Å². The number of aliphatic hydroxyl groups excluding tert-OH is 1. The Balaban J connectivity index is 1.39. The van der Waals surface area contributed by atoms with E-state index in [1.807, 2.05) is 0 Å². The normalized spacial score (nSPS) is 17.5. The molecule has 0 saturated carbocycles. The Morgan fingerprint density at radius 1 is 1.21 bits per heavy atom. The fraction of sp³-hybridized carbons (Fsp3) is 0.217. The Morgan fingerprint density at radius 3 is 2.74 bits per heavy atom. The Bertz CT molecular complexity index is 1170. The summed E-state index contributed by atoms with van der Waals surface area (Å²) in [6.07, 6.45) is -0.855. The first-order valence-corrected chi connectivity index (χ1v) is 10.3. The minimum absolute atomic E-state index is 0.0280. The number of piperidine rings is 1. The first-order valence-electron chi connectivity index (χ1n) is 10.3. The van der Waals surface area contributed by atoms with Crippen LogP contribution in [0, 0.1) is 0 Å². The van der Waals surface area contributed by atoms with Gasteiger partial charge in [-0.15, -0.1) is 5.10 Å². The van der Waals surface area contributed by atoms with Crippen molar-refractivity contribution in [1.29, 1.82) is 0 Å². The van der Waals surface area contributed by atoms with Crippen LogP contribution in [0.15, 0.2) is 66.5 Å². The highest BCUT2D eigenvalue weighted by Gasteiger charge is 2.30. The summed E-state index contributed by atoms with van der Waals surface area (Å²) in [6.45, 7) is 0.518.